The van der Waals surface area contributed by atoms with Gasteiger partial charge in [-0.05, 0) is 35.9 Å². The molecule has 0 atom stereocenters. The molecule has 0 saturated heterocycles. The van der Waals surface area contributed by atoms with Crippen LogP contribution in [0.2, 0.25) is 0 Å². The molecule has 0 aromatic heterocycles. The van der Waals surface area contributed by atoms with E-state index in [1.165, 1.54) is 30.3 Å². The maximum atomic E-state index is 12.3. The molecule has 0 aliphatic carbocycles. The van der Waals surface area contributed by atoms with Crippen molar-refractivity contribution < 1.29 is 9.72 Å². The van der Waals surface area contributed by atoms with Crippen LogP contribution in [0.4, 0.5) is 5.69 Å². The molecule has 2 aromatic carbocycles. The van der Waals surface area contributed by atoms with E-state index in [4.69, 9.17) is 5.26 Å². The zero-order valence-electron chi connectivity index (χ0n) is 11.2. The maximum Gasteiger partial charge on any atom is 0.269 e. The predicted octanol–water partition coefficient (Wildman–Crippen LogP) is 4.15. The molecular formula is C16H9BrN2O3. The van der Waals surface area contributed by atoms with E-state index in [9.17, 15) is 14.9 Å². The van der Waals surface area contributed by atoms with Crippen molar-refractivity contribution in [3.63, 3.8) is 0 Å². The molecule has 0 fully saturated rings. The summed E-state index contributed by atoms with van der Waals surface area (Å²) in [7, 11) is 0. The zero-order chi connectivity index (χ0) is 16.1. The third-order valence-electron chi connectivity index (χ3n) is 2.89. The minimum atomic E-state index is -0.545. The number of allylic oxidation sites excluding steroid dienone is 1. The molecule has 108 valence electrons. The molecule has 0 bridgehead atoms. The summed E-state index contributed by atoms with van der Waals surface area (Å²) >= 11 is 3.31. The van der Waals surface area contributed by atoms with Gasteiger partial charge in [0.05, 0.1) is 4.92 Å². The van der Waals surface area contributed by atoms with E-state index in [0.717, 1.165) is 10.0 Å². The summed E-state index contributed by atoms with van der Waals surface area (Å²) < 4.78 is 0.893. The summed E-state index contributed by atoms with van der Waals surface area (Å²) in [6.45, 7) is 0. The van der Waals surface area contributed by atoms with Crippen LogP contribution in [0.1, 0.15) is 15.9 Å². The highest BCUT2D eigenvalue weighted by Gasteiger charge is 2.14. The van der Waals surface area contributed by atoms with Crippen LogP contribution in [0, 0.1) is 21.4 Å². The predicted molar refractivity (Wildman–Crippen MR) is 85.2 cm³/mol. The Bertz CT molecular complexity index is 788. The van der Waals surface area contributed by atoms with Crippen molar-refractivity contribution in [3.8, 4) is 6.07 Å². The van der Waals surface area contributed by atoms with E-state index >= 15 is 0 Å². The van der Waals surface area contributed by atoms with Crippen LogP contribution in [0.25, 0.3) is 6.08 Å². The first-order chi connectivity index (χ1) is 10.5. The Morgan fingerprint density at radius 1 is 1.14 bits per heavy atom. The summed E-state index contributed by atoms with van der Waals surface area (Å²) in [6, 6.07) is 14.2. The Balaban J connectivity index is 2.31. The van der Waals surface area contributed by atoms with E-state index in [1.807, 2.05) is 6.07 Å². The van der Waals surface area contributed by atoms with Crippen molar-refractivity contribution in [3.05, 3.63) is 79.8 Å². The molecule has 0 heterocycles. The summed E-state index contributed by atoms with van der Waals surface area (Å²) in [4.78, 5) is 22.3. The molecule has 2 aromatic rings. The van der Waals surface area contributed by atoms with Crippen LogP contribution < -0.4 is 0 Å². The van der Waals surface area contributed by atoms with Gasteiger partial charge in [-0.25, -0.2) is 0 Å². The summed E-state index contributed by atoms with van der Waals surface area (Å²) in [5.74, 6) is -0.472. The number of hydrogen-bond acceptors (Lipinski definition) is 4. The van der Waals surface area contributed by atoms with Crippen molar-refractivity contribution in [2.75, 3.05) is 0 Å². The molecule has 5 nitrogen and oxygen atoms in total. The second kappa shape index (κ2) is 6.78. The fourth-order valence-corrected chi connectivity index (χ4v) is 2.03. The van der Waals surface area contributed by atoms with Gasteiger partial charge in [-0.1, -0.05) is 28.1 Å². The van der Waals surface area contributed by atoms with Gasteiger partial charge in [-0.2, -0.15) is 5.26 Å². The minimum absolute atomic E-state index is 0.0313. The quantitative estimate of drug-likeness (QED) is 0.271. The first kappa shape index (κ1) is 15.6. The summed E-state index contributed by atoms with van der Waals surface area (Å²) in [6.07, 6.45) is 1.48. The van der Waals surface area contributed by atoms with Crippen molar-refractivity contribution in [1.82, 2.24) is 0 Å². The molecule has 22 heavy (non-hydrogen) atoms. The van der Waals surface area contributed by atoms with Gasteiger partial charge in [0.25, 0.3) is 5.69 Å². The molecule has 0 aliphatic heterocycles. The number of nitriles is 1. The number of carbonyl (C=O) groups excluding carboxylic acids is 1. The average molecular weight is 357 g/mol. The minimum Gasteiger partial charge on any atom is -0.288 e. The van der Waals surface area contributed by atoms with Crippen molar-refractivity contribution in [1.29, 1.82) is 5.26 Å². The van der Waals surface area contributed by atoms with Gasteiger partial charge in [-0.15, -0.1) is 0 Å². The zero-order valence-corrected chi connectivity index (χ0v) is 12.8. The molecule has 0 radical (unpaired) electrons. The van der Waals surface area contributed by atoms with Gasteiger partial charge in [0.1, 0.15) is 11.6 Å². The third kappa shape index (κ3) is 3.65. The molecule has 0 unspecified atom stereocenters. The van der Waals surface area contributed by atoms with E-state index < -0.39 is 10.7 Å². The molecule has 0 saturated carbocycles. The smallest absolute Gasteiger partial charge is 0.269 e. The van der Waals surface area contributed by atoms with Crippen LogP contribution in [0.15, 0.2) is 58.6 Å². The summed E-state index contributed by atoms with van der Waals surface area (Å²) in [5.41, 5.74) is 0.814. The largest absolute Gasteiger partial charge is 0.288 e. The lowest BCUT2D eigenvalue weighted by Crippen LogP contribution is -2.02. The molecule has 2 rings (SSSR count). The van der Waals surface area contributed by atoms with E-state index in [2.05, 4.69) is 15.9 Å². The number of benzene rings is 2. The highest BCUT2D eigenvalue weighted by molar-refractivity contribution is 9.10. The normalized spacial score (nSPS) is 10.8. The van der Waals surface area contributed by atoms with Gasteiger partial charge < -0.3 is 0 Å². The number of nitrogens with zero attached hydrogens (tertiary/aromatic N) is 2. The number of halogens is 1. The van der Waals surface area contributed by atoms with Crippen LogP contribution >= 0.6 is 15.9 Å². The topological polar surface area (TPSA) is 84.0 Å². The van der Waals surface area contributed by atoms with Gasteiger partial charge >= 0.3 is 0 Å². The van der Waals surface area contributed by atoms with Crippen LogP contribution in [-0.2, 0) is 0 Å². The first-order valence-electron chi connectivity index (χ1n) is 6.18. The second-order valence-corrected chi connectivity index (χ2v) is 5.27. The number of nitro benzene ring substituents is 1. The SMILES string of the molecule is N#C/C(=C\c1ccc(Br)cc1)C(=O)c1ccc([N+](=O)[O-])cc1. The summed E-state index contributed by atoms with van der Waals surface area (Å²) in [5, 5.41) is 19.8. The molecule has 0 N–H and O–H groups in total. The standard InChI is InChI=1S/C16H9BrN2O3/c17-14-5-1-11(2-6-14)9-13(10-18)16(20)12-3-7-15(8-4-12)19(21)22/h1-9H/b13-9+. The van der Waals surface area contributed by atoms with Crippen LogP contribution in [0.3, 0.4) is 0 Å². The van der Waals surface area contributed by atoms with Gasteiger partial charge in [-0.3, -0.25) is 14.9 Å². The highest BCUT2D eigenvalue weighted by atomic mass is 79.9. The lowest BCUT2D eigenvalue weighted by atomic mass is 10.0. The Labute approximate surface area is 134 Å². The van der Waals surface area contributed by atoms with Crippen LogP contribution in [-0.4, -0.2) is 10.7 Å². The molecule has 0 amide bonds. The molecule has 0 spiro atoms. The monoisotopic (exact) mass is 356 g/mol. The van der Waals surface area contributed by atoms with E-state index in [0.29, 0.717) is 0 Å². The lowest BCUT2D eigenvalue weighted by molar-refractivity contribution is -0.384. The Morgan fingerprint density at radius 3 is 2.23 bits per heavy atom. The van der Waals surface area contributed by atoms with Crippen LogP contribution in [0.5, 0.6) is 0 Å². The maximum absolute atomic E-state index is 12.3. The lowest BCUT2D eigenvalue weighted by Gasteiger charge is -2.00. The fourth-order valence-electron chi connectivity index (χ4n) is 1.76. The first-order valence-corrected chi connectivity index (χ1v) is 6.97. The average Bonchev–Trinajstić information content (AvgIpc) is 2.53. The number of Topliss-reactive ketones (excluding diaryl/α,β-unsaturated/α-hetero) is 1. The number of carbonyl (C=O) groups is 1. The number of non-ortho nitro benzene ring substituents is 1. The number of rotatable bonds is 4. The Kier molecular flexibility index (Phi) is 4.81. The van der Waals surface area contributed by atoms with Crippen molar-refractivity contribution in [2.45, 2.75) is 0 Å². The van der Waals surface area contributed by atoms with E-state index in [1.54, 1.807) is 24.3 Å². The van der Waals surface area contributed by atoms with Gasteiger partial charge in [0.2, 0.25) is 5.78 Å². The second-order valence-electron chi connectivity index (χ2n) is 4.35. The Hall–Kier alpha value is -2.78. The van der Waals surface area contributed by atoms with Gasteiger partial charge in [0.15, 0.2) is 0 Å². The fraction of sp³-hybridized carbons (Fsp3) is 0. The van der Waals surface area contributed by atoms with Gasteiger partial charge in [0, 0.05) is 22.2 Å². The highest BCUT2D eigenvalue weighted by Crippen LogP contribution is 2.17. The number of nitro groups is 1. The molecule has 6 heteroatoms. The van der Waals surface area contributed by atoms with E-state index in [-0.39, 0.29) is 16.8 Å². The molecular weight excluding hydrogens is 348 g/mol. The molecule has 0 aliphatic rings. The van der Waals surface area contributed by atoms with Crippen molar-refractivity contribution in [2.24, 2.45) is 0 Å². The van der Waals surface area contributed by atoms with Crippen molar-refractivity contribution >= 4 is 33.5 Å². The number of hydrogen-bond donors (Lipinski definition) is 0. The number of ketones is 1. The third-order valence-corrected chi connectivity index (χ3v) is 3.42. The Morgan fingerprint density at radius 2 is 1.73 bits per heavy atom.